The van der Waals surface area contributed by atoms with E-state index >= 15 is 0 Å². The molecular weight excluding hydrogens is 296 g/mol. The minimum atomic E-state index is -0.497. The second-order valence-corrected chi connectivity index (χ2v) is 6.64. The van der Waals surface area contributed by atoms with Crippen molar-refractivity contribution < 1.29 is 14.4 Å². The summed E-state index contributed by atoms with van der Waals surface area (Å²) in [6.07, 6.45) is 4.10. The molecule has 7 nitrogen and oxygen atoms in total. The fraction of sp³-hybridized carbons (Fsp3) is 0.688. The van der Waals surface area contributed by atoms with Gasteiger partial charge in [0, 0.05) is 19.2 Å². The predicted octanol–water partition coefficient (Wildman–Crippen LogP) is 1.37. The number of hydrogen-bond acceptors (Lipinski definition) is 4. The Morgan fingerprint density at radius 3 is 2.91 bits per heavy atom. The first-order chi connectivity index (χ1) is 11.1. The molecule has 1 aromatic heterocycles. The standard InChI is InChI=1S/C16H24N4O3/c1-12(2)9-15(21)18-10-13-5-6-17-20(13)14(11-18)16(22)19-7-3-4-8-23-19/h5-6,12,14H,3-4,7-11H2,1-2H3/t14-/m0/s1. The molecular formula is C16H24N4O3. The second-order valence-electron chi connectivity index (χ2n) is 6.64. The number of amides is 2. The van der Waals surface area contributed by atoms with Gasteiger partial charge in [0.15, 0.2) is 6.04 Å². The Labute approximate surface area is 136 Å². The van der Waals surface area contributed by atoms with Crippen molar-refractivity contribution in [2.45, 2.75) is 45.7 Å². The van der Waals surface area contributed by atoms with E-state index in [2.05, 4.69) is 5.10 Å². The van der Waals surface area contributed by atoms with Gasteiger partial charge in [0.25, 0.3) is 5.91 Å². The lowest BCUT2D eigenvalue weighted by molar-refractivity contribution is -0.201. The average molecular weight is 320 g/mol. The number of nitrogens with zero attached hydrogens (tertiary/aromatic N) is 4. The highest BCUT2D eigenvalue weighted by Gasteiger charge is 2.36. The van der Waals surface area contributed by atoms with E-state index in [0.29, 0.717) is 38.6 Å². The maximum Gasteiger partial charge on any atom is 0.272 e. The Hall–Kier alpha value is -1.89. The lowest BCUT2D eigenvalue weighted by atomic mass is 10.1. The zero-order valence-corrected chi connectivity index (χ0v) is 13.8. The number of aromatic nitrogens is 2. The fourth-order valence-corrected chi connectivity index (χ4v) is 3.08. The quantitative estimate of drug-likeness (QED) is 0.843. The Morgan fingerprint density at radius 2 is 2.22 bits per heavy atom. The molecule has 0 unspecified atom stereocenters. The van der Waals surface area contributed by atoms with Crippen LogP contribution in [-0.2, 0) is 21.0 Å². The van der Waals surface area contributed by atoms with Crippen molar-refractivity contribution in [1.29, 1.82) is 0 Å². The van der Waals surface area contributed by atoms with Crippen LogP contribution in [0.3, 0.4) is 0 Å². The van der Waals surface area contributed by atoms with Crippen molar-refractivity contribution >= 4 is 11.8 Å². The lowest BCUT2D eigenvalue weighted by Gasteiger charge is -2.36. The molecule has 0 radical (unpaired) electrons. The van der Waals surface area contributed by atoms with Gasteiger partial charge in [0.2, 0.25) is 5.91 Å². The second kappa shape index (κ2) is 6.70. The Kier molecular flexibility index (Phi) is 4.66. The van der Waals surface area contributed by atoms with Gasteiger partial charge in [-0.3, -0.25) is 19.1 Å². The molecule has 1 aromatic rings. The van der Waals surface area contributed by atoms with Gasteiger partial charge in [-0.2, -0.15) is 5.10 Å². The Bertz CT molecular complexity index is 578. The summed E-state index contributed by atoms with van der Waals surface area (Å²) in [4.78, 5) is 32.5. The van der Waals surface area contributed by atoms with Gasteiger partial charge in [0.1, 0.15) is 0 Å². The van der Waals surface area contributed by atoms with Crippen LogP contribution in [-0.4, -0.2) is 51.3 Å². The molecule has 0 aromatic carbocycles. The molecule has 126 valence electrons. The summed E-state index contributed by atoms with van der Waals surface area (Å²) in [5, 5.41) is 5.72. The SMILES string of the molecule is CC(C)CC(=O)N1Cc2ccnn2[C@H](C(=O)N2CCCCO2)C1. The number of carbonyl (C=O) groups is 2. The molecule has 0 spiro atoms. The molecule has 2 aliphatic rings. The van der Waals surface area contributed by atoms with Crippen molar-refractivity contribution in [3.05, 3.63) is 18.0 Å². The molecule has 2 amide bonds. The van der Waals surface area contributed by atoms with E-state index in [-0.39, 0.29) is 11.8 Å². The maximum absolute atomic E-state index is 12.8. The van der Waals surface area contributed by atoms with Gasteiger partial charge in [-0.25, -0.2) is 5.06 Å². The van der Waals surface area contributed by atoms with E-state index in [9.17, 15) is 9.59 Å². The topological polar surface area (TPSA) is 67.7 Å². The molecule has 3 rings (SSSR count). The number of fused-ring (bicyclic) bond motifs is 1. The number of hydroxylamine groups is 2. The van der Waals surface area contributed by atoms with E-state index in [4.69, 9.17) is 4.84 Å². The first-order valence-corrected chi connectivity index (χ1v) is 8.30. The predicted molar refractivity (Wildman–Crippen MR) is 83.0 cm³/mol. The van der Waals surface area contributed by atoms with E-state index < -0.39 is 6.04 Å². The van der Waals surface area contributed by atoms with Crippen molar-refractivity contribution in [3.63, 3.8) is 0 Å². The van der Waals surface area contributed by atoms with Gasteiger partial charge in [-0.15, -0.1) is 0 Å². The van der Waals surface area contributed by atoms with E-state index in [0.717, 1.165) is 18.5 Å². The van der Waals surface area contributed by atoms with Gasteiger partial charge in [-0.1, -0.05) is 13.8 Å². The normalized spacial score (nSPS) is 21.4. The molecule has 2 aliphatic heterocycles. The summed E-state index contributed by atoms with van der Waals surface area (Å²) >= 11 is 0. The van der Waals surface area contributed by atoms with Gasteiger partial charge >= 0.3 is 0 Å². The van der Waals surface area contributed by atoms with Crippen LogP contribution in [0.15, 0.2) is 12.3 Å². The Balaban J connectivity index is 1.78. The molecule has 1 atom stereocenters. The van der Waals surface area contributed by atoms with Gasteiger partial charge in [-0.05, 0) is 24.8 Å². The summed E-state index contributed by atoms with van der Waals surface area (Å²) < 4.78 is 1.74. The third kappa shape index (κ3) is 3.39. The van der Waals surface area contributed by atoms with Gasteiger partial charge in [0.05, 0.1) is 25.4 Å². The summed E-state index contributed by atoms with van der Waals surface area (Å²) in [5.74, 6) is 0.274. The fourth-order valence-electron chi connectivity index (χ4n) is 3.08. The molecule has 1 fully saturated rings. The average Bonchev–Trinajstić information content (AvgIpc) is 3.02. The summed E-state index contributed by atoms with van der Waals surface area (Å²) in [6, 6.07) is 1.37. The highest BCUT2D eigenvalue weighted by atomic mass is 16.7. The van der Waals surface area contributed by atoms with Crippen molar-refractivity contribution in [2.75, 3.05) is 19.7 Å². The number of rotatable bonds is 3. The van der Waals surface area contributed by atoms with Crippen LogP contribution in [0.25, 0.3) is 0 Å². The highest BCUT2D eigenvalue weighted by molar-refractivity contribution is 5.82. The van der Waals surface area contributed by atoms with Crippen LogP contribution in [0.1, 0.15) is 44.8 Å². The first kappa shape index (κ1) is 16.0. The monoisotopic (exact) mass is 320 g/mol. The smallest absolute Gasteiger partial charge is 0.272 e. The zero-order valence-electron chi connectivity index (χ0n) is 13.8. The summed E-state index contributed by atoms with van der Waals surface area (Å²) in [6.45, 7) is 6.09. The molecule has 0 aliphatic carbocycles. The molecule has 3 heterocycles. The summed E-state index contributed by atoms with van der Waals surface area (Å²) in [5.41, 5.74) is 0.892. The molecule has 0 N–H and O–H groups in total. The van der Waals surface area contributed by atoms with Crippen LogP contribution in [0, 0.1) is 5.92 Å². The summed E-state index contributed by atoms with van der Waals surface area (Å²) in [7, 11) is 0. The van der Waals surface area contributed by atoms with Crippen LogP contribution < -0.4 is 0 Å². The van der Waals surface area contributed by atoms with Gasteiger partial charge < -0.3 is 4.90 Å². The van der Waals surface area contributed by atoms with E-state index in [1.165, 1.54) is 5.06 Å². The van der Waals surface area contributed by atoms with Crippen LogP contribution in [0.2, 0.25) is 0 Å². The molecule has 23 heavy (non-hydrogen) atoms. The largest absolute Gasteiger partial charge is 0.334 e. The van der Waals surface area contributed by atoms with Crippen LogP contribution in [0.4, 0.5) is 0 Å². The minimum Gasteiger partial charge on any atom is -0.334 e. The van der Waals surface area contributed by atoms with Crippen molar-refractivity contribution in [2.24, 2.45) is 5.92 Å². The molecule has 7 heteroatoms. The maximum atomic E-state index is 12.8. The molecule has 1 saturated heterocycles. The third-order valence-corrected chi connectivity index (χ3v) is 4.26. The number of carbonyl (C=O) groups excluding carboxylic acids is 2. The Morgan fingerprint density at radius 1 is 1.39 bits per heavy atom. The minimum absolute atomic E-state index is 0.0878. The van der Waals surface area contributed by atoms with Crippen LogP contribution >= 0.6 is 0 Å². The highest BCUT2D eigenvalue weighted by Crippen LogP contribution is 2.24. The van der Waals surface area contributed by atoms with Crippen molar-refractivity contribution in [3.8, 4) is 0 Å². The van der Waals surface area contributed by atoms with E-state index in [1.807, 2.05) is 19.9 Å². The lowest BCUT2D eigenvalue weighted by Crippen LogP contribution is -2.49. The van der Waals surface area contributed by atoms with Crippen molar-refractivity contribution in [1.82, 2.24) is 19.7 Å². The molecule has 0 saturated carbocycles. The third-order valence-electron chi connectivity index (χ3n) is 4.26. The number of hydrogen-bond donors (Lipinski definition) is 0. The van der Waals surface area contributed by atoms with E-state index in [1.54, 1.807) is 15.8 Å². The first-order valence-electron chi connectivity index (χ1n) is 8.30. The zero-order chi connectivity index (χ0) is 16.4. The molecule has 0 bridgehead atoms. The van der Waals surface area contributed by atoms with Crippen LogP contribution in [0.5, 0.6) is 0 Å².